The molecule has 0 atom stereocenters. The van der Waals surface area contributed by atoms with Gasteiger partial charge >= 0.3 is 5.56 Å². The molecule has 0 aliphatic carbocycles. The van der Waals surface area contributed by atoms with Crippen LogP contribution in [0.5, 0.6) is 5.88 Å². The molecule has 0 saturated heterocycles. The minimum Gasteiger partial charge on any atom is -0.477 e. The Balaban J connectivity index is 2.23. The van der Waals surface area contributed by atoms with Crippen molar-refractivity contribution in [1.29, 1.82) is 0 Å². The summed E-state index contributed by atoms with van der Waals surface area (Å²) >= 11 is 0. The second kappa shape index (κ2) is 5.93. The van der Waals surface area contributed by atoms with Gasteiger partial charge in [-0.25, -0.2) is 4.79 Å². The third-order valence-electron chi connectivity index (χ3n) is 3.78. The van der Waals surface area contributed by atoms with Crippen LogP contribution in [0.25, 0.3) is 17.5 Å². The normalized spacial score (nSPS) is 10.5. The summed E-state index contributed by atoms with van der Waals surface area (Å²) in [6.07, 6.45) is 3.35. The molecule has 2 aromatic carbocycles. The van der Waals surface area contributed by atoms with Crippen molar-refractivity contribution in [3.8, 4) is 17.3 Å². The molecule has 0 unspecified atom stereocenters. The second-order valence-corrected chi connectivity index (χ2v) is 5.24. The third kappa shape index (κ3) is 2.66. The summed E-state index contributed by atoms with van der Waals surface area (Å²) < 4.78 is 3.12. The molecule has 3 aromatic rings. The van der Waals surface area contributed by atoms with E-state index in [0.717, 1.165) is 16.9 Å². The lowest BCUT2D eigenvalue weighted by atomic mass is 10.2. The highest BCUT2D eigenvalue weighted by Crippen LogP contribution is 2.13. The Kier molecular flexibility index (Phi) is 3.81. The standard InChI is InChI=1S/C19H16N2O2/c1-3-15-9-11-17(12-10-15)21-13-20(16-7-5-4-6-8-16)18(22)14(2)19(21)23/h3-13H,1H2,2H3/p+1. The first-order valence-corrected chi connectivity index (χ1v) is 7.27. The molecule has 0 spiro atoms. The number of para-hydroxylation sites is 1. The Morgan fingerprint density at radius 3 is 2.35 bits per heavy atom. The van der Waals surface area contributed by atoms with E-state index in [1.54, 1.807) is 23.9 Å². The monoisotopic (exact) mass is 305 g/mol. The third-order valence-corrected chi connectivity index (χ3v) is 3.78. The lowest BCUT2D eigenvalue weighted by molar-refractivity contribution is -0.609. The SMILES string of the molecule is C=Cc1ccc(-[n+]2cn(-c3ccccc3)c(=O)c(C)c2O)cc1. The predicted octanol–water partition coefficient (Wildman–Crippen LogP) is 2.77. The van der Waals surface area contributed by atoms with Gasteiger partial charge < -0.3 is 5.11 Å². The Hall–Kier alpha value is -3.14. The van der Waals surface area contributed by atoms with Crippen molar-refractivity contribution in [3.05, 3.63) is 89.0 Å². The van der Waals surface area contributed by atoms with Gasteiger partial charge in [-0.1, -0.05) is 43.0 Å². The van der Waals surface area contributed by atoms with Gasteiger partial charge in [-0.2, -0.15) is 9.13 Å². The van der Waals surface area contributed by atoms with Gasteiger partial charge in [0, 0.05) is 0 Å². The van der Waals surface area contributed by atoms with E-state index < -0.39 is 0 Å². The predicted molar refractivity (Wildman–Crippen MR) is 90.1 cm³/mol. The van der Waals surface area contributed by atoms with Gasteiger partial charge in [0.1, 0.15) is 16.9 Å². The largest absolute Gasteiger partial charge is 0.477 e. The van der Waals surface area contributed by atoms with Crippen LogP contribution < -0.4 is 10.1 Å². The smallest absolute Gasteiger partial charge is 0.349 e. The van der Waals surface area contributed by atoms with E-state index in [-0.39, 0.29) is 11.4 Å². The van der Waals surface area contributed by atoms with E-state index in [9.17, 15) is 9.90 Å². The van der Waals surface area contributed by atoms with Gasteiger partial charge in [0.05, 0.1) is 0 Å². The van der Waals surface area contributed by atoms with E-state index >= 15 is 0 Å². The molecular formula is C19H17N2O2+. The van der Waals surface area contributed by atoms with E-state index in [2.05, 4.69) is 6.58 Å². The molecular weight excluding hydrogens is 288 g/mol. The number of benzene rings is 2. The molecule has 0 amide bonds. The summed E-state index contributed by atoms with van der Waals surface area (Å²) in [6.45, 7) is 5.35. The molecule has 114 valence electrons. The molecule has 0 aliphatic heterocycles. The van der Waals surface area contributed by atoms with Crippen LogP contribution >= 0.6 is 0 Å². The molecule has 4 heteroatoms. The summed E-state index contributed by atoms with van der Waals surface area (Å²) in [4.78, 5) is 12.5. The number of rotatable bonds is 3. The maximum absolute atomic E-state index is 12.5. The highest BCUT2D eigenvalue weighted by Gasteiger charge is 2.20. The van der Waals surface area contributed by atoms with Crippen molar-refractivity contribution in [1.82, 2.24) is 4.57 Å². The van der Waals surface area contributed by atoms with E-state index in [4.69, 9.17) is 0 Å². The maximum Gasteiger partial charge on any atom is 0.349 e. The van der Waals surface area contributed by atoms with Gasteiger partial charge in [0.25, 0.3) is 12.2 Å². The zero-order chi connectivity index (χ0) is 16.4. The number of aromatic hydroxyl groups is 1. The topological polar surface area (TPSA) is 46.1 Å². The summed E-state index contributed by atoms with van der Waals surface area (Å²) in [6, 6.07) is 16.9. The van der Waals surface area contributed by atoms with Crippen molar-refractivity contribution in [2.45, 2.75) is 6.92 Å². The lowest BCUT2D eigenvalue weighted by Crippen LogP contribution is -2.39. The number of aromatic nitrogens is 2. The average Bonchev–Trinajstić information content (AvgIpc) is 2.61. The van der Waals surface area contributed by atoms with E-state index in [1.807, 2.05) is 54.6 Å². The number of nitrogens with zero attached hydrogens (tertiary/aromatic N) is 2. The molecule has 23 heavy (non-hydrogen) atoms. The molecule has 3 rings (SSSR count). The van der Waals surface area contributed by atoms with Gasteiger partial charge in [0.15, 0.2) is 0 Å². The maximum atomic E-state index is 12.5. The minimum absolute atomic E-state index is 0.0615. The molecule has 0 saturated carbocycles. The van der Waals surface area contributed by atoms with Crippen molar-refractivity contribution >= 4 is 6.08 Å². The molecule has 4 nitrogen and oxygen atoms in total. The lowest BCUT2D eigenvalue weighted by Gasteiger charge is -2.07. The second-order valence-electron chi connectivity index (χ2n) is 5.24. The molecule has 1 N–H and O–H groups in total. The van der Waals surface area contributed by atoms with Crippen LogP contribution in [0.15, 0.2) is 72.3 Å². The fourth-order valence-electron chi connectivity index (χ4n) is 2.41. The number of hydrogen-bond donors (Lipinski definition) is 1. The molecule has 0 fully saturated rings. The fraction of sp³-hybridized carbons (Fsp3) is 0.0526. The molecule has 0 radical (unpaired) electrons. The van der Waals surface area contributed by atoms with Crippen LogP contribution in [0.1, 0.15) is 11.1 Å². The highest BCUT2D eigenvalue weighted by molar-refractivity contribution is 5.48. The zero-order valence-electron chi connectivity index (χ0n) is 12.8. The van der Waals surface area contributed by atoms with Crippen molar-refractivity contribution in [2.24, 2.45) is 0 Å². The van der Waals surface area contributed by atoms with Crippen molar-refractivity contribution in [3.63, 3.8) is 0 Å². The van der Waals surface area contributed by atoms with Gasteiger partial charge in [-0.3, -0.25) is 0 Å². The molecule has 1 aromatic heterocycles. The van der Waals surface area contributed by atoms with Gasteiger partial charge in [-0.15, -0.1) is 0 Å². The Morgan fingerprint density at radius 2 is 1.74 bits per heavy atom. The summed E-state index contributed by atoms with van der Waals surface area (Å²) in [5.41, 5.74) is 2.55. The molecule has 0 bridgehead atoms. The van der Waals surface area contributed by atoms with Crippen molar-refractivity contribution in [2.75, 3.05) is 0 Å². The van der Waals surface area contributed by atoms with Gasteiger partial charge in [-0.05, 0) is 36.8 Å². The highest BCUT2D eigenvalue weighted by atomic mass is 16.3. The van der Waals surface area contributed by atoms with Crippen molar-refractivity contribution < 1.29 is 9.67 Å². The van der Waals surface area contributed by atoms with Gasteiger partial charge in [0.2, 0.25) is 0 Å². The summed E-state index contributed by atoms with van der Waals surface area (Å²) in [7, 11) is 0. The Labute approximate surface area is 134 Å². The van der Waals surface area contributed by atoms with Crippen LogP contribution in [0, 0.1) is 6.92 Å². The van der Waals surface area contributed by atoms with Crippen LogP contribution in [-0.4, -0.2) is 9.67 Å². The van der Waals surface area contributed by atoms with Crippen LogP contribution in [0.4, 0.5) is 0 Å². The molecule has 0 aliphatic rings. The van der Waals surface area contributed by atoms with Crippen LogP contribution in [0.3, 0.4) is 0 Å². The fourth-order valence-corrected chi connectivity index (χ4v) is 2.41. The van der Waals surface area contributed by atoms with E-state index in [0.29, 0.717) is 5.56 Å². The first-order chi connectivity index (χ1) is 11.1. The summed E-state index contributed by atoms with van der Waals surface area (Å²) in [5, 5.41) is 10.4. The minimum atomic E-state index is -0.243. The summed E-state index contributed by atoms with van der Waals surface area (Å²) in [5.74, 6) is -0.0615. The zero-order valence-corrected chi connectivity index (χ0v) is 12.8. The average molecular weight is 305 g/mol. The molecule has 1 heterocycles. The first-order valence-electron chi connectivity index (χ1n) is 7.27. The Morgan fingerprint density at radius 1 is 1.09 bits per heavy atom. The van der Waals surface area contributed by atoms with Crippen LogP contribution in [-0.2, 0) is 0 Å². The van der Waals surface area contributed by atoms with E-state index in [1.165, 1.54) is 4.57 Å². The first kappa shape index (κ1) is 14.8. The number of hydrogen-bond acceptors (Lipinski definition) is 2. The van der Waals surface area contributed by atoms with Crippen LogP contribution in [0.2, 0.25) is 0 Å². The Bertz CT molecular complexity index is 911. The quantitative estimate of drug-likeness (QED) is 0.756.